The molecule has 1 amide bonds. The molecule has 4 rings (SSSR count). The van der Waals surface area contributed by atoms with Gasteiger partial charge in [0.1, 0.15) is 10.6 Å². The lowest BCUT2D eigenvalue weighted by Crippen LogP contribution is -2.21. The minimum Gasteiger partial charge on any atom is -0.493 e. The van der Waals surface area contributed by atoms with E-state index in [2.05, 4.69) is 10.0 Å². The second kappa shape index (κ2) is 10.5. The van der Waals surface area contributed by atoms with Gasteiger partial charge in [-0.25, -0.2) is 22.0 Å². The van der Waals surface area contributed by atoms with Gasteiger partial charge in [0, 0.05) is 17.1 Å². The van der Waals surface area contributed by atoms with E-state index in [9.17, 15) is 21.6 Å². The number of hydrogen-bond donors (Lipinski definition) is 3. The molecular formula is C24H24ClN3O6S2. The van der Waals surface area contributed by atoms with Crippen LogP contribution in [0.25, 0.3) is 0 Å². The molecule has 9 nitrogen and oxygen atoms in total. The number of benzene rings is 3. The number of hydrogen-bond acceptors (Lipinski definition) is 6. The Labute approximate surface area is 214 Å². The van der Waals surface area contributed by atoms with E-state index in [0.29, 0.717) is 35.8 Å². The van der Waals surface area contributed by atoms with Gasteiger partial charge < -0.3 is 10.1 Å². The van der Waals surface area contributed by atoms with E-state index in [1.807, 2.05) is 18.2 Å². The topological polar surface area (TPSA) is 145 Å². The number of ether oxygens (including phenoxy) is 1. The van der Waals surface area contributed by atoms with Gasteiger partial charge in [-0.1, -0.05) is 41.9 Å². The first-order chi connectivity index (χ1) is 17.0. The fraction of sp³-hybridized carbons (Fsp3) is 0.208. The largest absolute Gasteiger partial charge is 0.493 e. The molecule has 190 valence electrons. The van der Waals surface area contributed by atoms with Crippen LogP contribution in [0.4, 0.5) is 11.4 Å². The van der Waals surface area contributed by atoms with E-state index in [1.54, 1.807) is 18.2 Å². The van der Waals surface area contributed by atoms with Crippen molar-refractivity contribution in [3.63, 3.8) is 0 Å². The second-order valence-corrected chi connectivity index (χ2v) is 12.0. The number of anilines is 2. The van der Waals surface area contributed by atoms with Crippen molar-refractivity contribution in [2.45, 2.75) is 24.2 Å². The first kappa shape index (κ1) is 26.0. The minimum atomic E-state index is -4.11. The highest BCUT2D eigenvalue weighted by Gasteiger charge is 2.21. The highest BCUT2D eigenvalue weighted by molar-refractivity contribution is 7.93. The van der Waals surface area contributed by atoms with Gasteiger partial charge in [-0.2, -0.15) is 0 Å². The quantitative estimate of drug-likeness (QED) is 0.354. The highest BCUT2D eigenvalue weighted by Crippen LogP contribution is 2.28. The maximum absolute atomic E-state index is 12.7. The number of halogens is 1. The number of nitrogens with one attached hydrogen (secondary N) is 2. The van der Waals surface area contributed by atoms with Crippen LogP contribution in [0.5, 0.6) is 5.75 Å². The van der Waals surface area contributed by atoms with Crippen molar-refractivity contribution in [2.24, 2.45) is 5.14 Å². The maximum atomic E-state index is 12.7. The van der Waals surface area contributed by atoms with Crippen LogP contribution in [0.3, 0.4) is 0 Å². The molecule has 0 aliphatic carbocycles. The molecule has 0 unspecified atom stereocenters. The van der Waals surface area contributed by atoms with Crippen molar-refractivity contribution in [1.29, 1.82) is 0 Å². The highest BCUT2D eigenvalue weighted by atomic mass is 35.5. The zero-order valence-corrected chi connectivity index (χ0v) is 21.4. The number of rotatable bonds is 10. The summed E-state index contributed by atoms with van der Waals surface area (Å²) < 4.78 is 57.2. The van der Waals surface area contributed by atoms with Crippen molar-refractivity contribution in [3.8, 4) is 5.75 Å². The Morgan fingerprint density at radius 3 is 2.53 bits per heavy atom. The molecule has 1 heterocycles. The van der Waals surface area contributed by atoms with Crippen molar-refractivity contribution >= 4 is 48.9 Å². The molecule has 0 radical (unpaired) electrons. The van der Waals surface area contributed by atoms with E-state index >= 15 is 0 Å². The molecule has 0 atom stereocenters. The van der Waals surface area contributed by atoms with Crippen LogP contribution in [-0.4, -0.2) is 35.1 Å². The molecule has 1 aliphatic heterocycles. The molecule has 0 spiro atoms. The molecule has 0 aromatic heterocycles. The number of aryl methyl sites for hydroxylation is 1. The lowest BCUT2D eigenvalue weighted by Gasteiger charge is -2.14. The molecule has 3 aromatic rings. The van der Waals surface area contributed by atoms with Crippen LogP contribution >= 0.6 is 11.6 Å². The molecule has 3 aromatic carbocycles. The van der Waals surface area contributed by atoms with E-state index in [-0.39, 0.29) is 28.7 Å². The van der Waals surface area contributed by atoms with E-state index in [4.69, 9.17) is 21.5 Å². The molecule has 0 bridgehead atoms. The third-order valence-electron chi connectivity index (χ3n) is 5.64. The van der Waals surface area contributed by atoms with Gasteiger partial charge in [0.2, 0.25) is 26.0 Å². The molecule has 4 N–H and O–H groups in total. The Morgan fingerprint density at radius 1 is 0.972 bits per heavy atom. The number of carbonyl (C=O) groups is 1. The van der Waals surface area contributed by atoms with Gasteiger partial charge >= 0.3 is 0 Å². The number of para-hydroxylation sites is 1. The molecule has 0 saturated carbocycles. The normalized spacial score (nSPS) is 13.2. The van der Waals surface area contributed by atoms with E-state index < -0.39 is 20.0 Å². The summed E-state index contributed by atoms with van der Waals surface area (Å²) in [6.45, 7) is 0.296. The van der Waals surface area contributed by atoms with Gasteiger partial charge in [0.25, 0.3) is 0 Å². The number of carbonyl (C=O) groups excluding carboxylic acids is 1. The summed E-state index contributed by atoms with van der Waals surface area (Å²) in [5.41, 5.74) is 3.27. The van der Waals surface area contributed by atoms with Crippen LogP contribution in [0.2, 0.25) is 5.02 Å². The van der Waals surface area contributed by atoms with Crippen LogP contribution in [0, 0.1) is 0 Å². The molecule has 1 aliphatic rings. The summed E-state index contributed by atoms with van der Waals surface area (Å²) in [5, 5.41) is 8.45. The molecule has 0 fully saturated rings. The summed E-state index contributed by atoms with van der Waals surface area (Å²) in [6, 6.07) is 16.1. The summed E-state index contributed by atoms with van der Waals surface area (Å²) in [7, 11) is -8.02. The second-order valence-electron chi connectivity index (χ2n) is 8.23. The average molecular weight is 550 g/mol. The van der Waals surface area contributed by atoms with Crippen molar-refractivity contribution in [1.82, 2.24) is 0 Å². The SMILES string of the molecule is NS(=O)(=O)c1ccccc1NS(=O)(=O)CCc1ccc(Cl)cc1OCCc1cccc2c1CC(=O)N2. The minimum absolute atomic E-state index is 0.0444. The van der Waals surface area contributed by atoms with Crippen molar-refractivity contribution in [3.05, 3.63) is 82.4 Å². The standard InChI is InChI=1S/C24H24ClN3O6S2/c25-18-9-8-17(11-13-35(30,31)28-21-5-1-2-7-23(21)36(26,32)33)22(14-18)34-12-10-16-4-3-6-20-19(16)15-24(29)27-20/h1-9,14,28H,10-13,15H2,(H,27,29)(H2,26,32,33). The number of sulfonamides is 2. The molecular weight excluding hydrogens is 526 g/mol. The van der Waals surface area contributed by atoms with Crippen LogP contribution in [-0.2, 0) is 44.1 Å². The Hall–Kier alpha value is -3.12. The predicted molar refractivity (Wildman–Crippen MR) is 138 cm³/mol. The number of amides is 1. The molecule has 0 saturated heterocycles. The zero-order chi connectivity index (χ0) is 25.9. The lowest BCUT2D eigenvalue weighted by molar-refractivity contribution is -0.115. The number of nitrogens with two attached hydrogens (primary N) is 1. The summed E-state index contributed by atoms with van der Waals surface area (Å²) >= 11 is 6.14. The van der Waals surface area contributed by atoms with Crippen LogP contribution in [0.1, 0.15) is 16.7 Å². The van der Waals surface area contributed by atoms with E-state index in [0.717, 1.165) is 16.8 Å². The summed E-state index contributed by atoms with van der Waals surface area (Å²) in [4.78, 5) is 11.4. The molecule has 36 heavy (non-hydrogen) atoms. The molecule has 12 heteroatoms. The van der Waals surface area contributed by atoms with Crippen LogP contribution in [0.15, 0.2) is 65.6 Å². The first-order valence-corrected chi connectivity index (χ1v) is 14.5. The maximum Gasteiger partial charge on any atom is 0.240 e. The third kappa shape index (κ3) is 6.35. The Kier molecular flexibility index (Phi) is 7.55. The van der Waals surface area contributed by atoms with Gasteiger partial charge in [-0.3, -0.25) is 9.52 Å². The Morgan fingerprint density at radius 2 is 1.75 bits per heavy atom. The van der Waals surface area contributed by atoms with E-state index in [1.165, 1.54) is 24.3 Å². The number of fused-ring (bicyclic) bond motifs is 1. The first-order valence-electron chi connectivity index (χ1n) is 11.0. The fourth-order valence-corrected chi connectivity index (χ4v) is 5.98. The van der Waals surface area contributed by atoms with Gasteiger partial charge in [-0.15, -0.1) is 0 Å². The van der Waals surface area contributed by atoms with Gasteiger partial charge in [0.05, 0.1) is 24.5 Å². The monoisotopic (exact) mass is 549 g/mol. The predicted octanol–water partition coefficient (Wildman–Crippen LogP) is 3.09. The third-order valence-corrected chi connectivity index (χ3v) is 8.12. The summed E-state index contributed by atoms with van der Waals surface area (Å²) in [6.07, 6.45) is 0.972. The Balaban J connectivity index is 1.43. The van der Waals surface area contributed by atoms with Crippen molar-refractivity contribution in [2.75, 3.05) is 22.4 Å². The fourth-order valence-electron chi connectivity index (χ4n) is 3.95. The van der Waals surface area contributed by atoms with Gasteiger partial charge in [-0.05, 0) is 53.4 Å². The van der Waals surface area contributed by atoms with Gasteiger partial charge in [0.15, 0.2) is 0 Å². The zero-order valence-electron chi connectivity index (χ0n) is 19.0. The summed E-state index contributed by atoms with van der Waals surface area (Å²) in [5.74, 6) is 0.0746. The van der Waals surface area contributed by atoms with Crippen molar-refractivity contribution < 1.29 is 26.4 Å². The Bertz CT molecular complexity index is 1520. The van der Waals surface area contributed by atoms with Crippen LogP contribution < -0.4 is 19.9 Å². The smallest absolute Gasteiger partial charge is 0.240 e. The lowest BCUT2D eigenvalue weighted by atomic mass is 10.0. The number of primary sulfonamides is 1. The average Bonchev–Trinajstić information content (AvgIpc) is 3.19.